The highest BCUT2D eigenvalue weighted by molar-refractivity contribution is 6.31. The lowest BCUT2D eigenvalue weighted by atomic mass is 9.84. The Labute approximate surface area is 134 Å². The van der Waals surface area contributed by atoms with Crippen molar-refractivity contribution in [2.75, 3.05) is 6.54 Å². The van der Waals surface area contributed by atoms with Crippen LogP contribution < -0.4 is 5.32 Å². The van der Waals surface area contributed by atoms with E-state index in [0.29, 0.717) is 6.04 Å². The molecule has 1 aliphatic rings. The second kappa shape index (κ2) is 8.19. The minimum atomic E-state index is 0.528. The lowest BCUT2D eigenvalue weighted by Gasteiger charge is -2.27. The normalized spacial score (nSPS) is 18.1. The molecule has 1 aromatic rings. The van der Waals surface area contributed by atoms with E-state index in [1.807, 2.05) is 18.7 Å². The molecule has 1 unspecified atom stereocenters. The van der Waals surface area contributed by atoms with Crippen molar-refractivity contribution >= 4 is 11.6 Å². The molecule has 2 rings (SSSR count). The van der Waals surface area contributed by atoms with E-state index < -0.39 is 0 Å². The molecule has 1 atom stereocenters. The van der Waals surface area contributed by atoms with Crippen LogP contribution >= 0.6 is 11.6 Å². The first-order chi connectivity index (χ1) is 10.1. The molecule has 1 fully saturated rings. The maximum Gasteiger partial charge on any atom is 0.0847 e. The molecule has 0 bridgehead atoms. The van der Waals surface area contributed by atoms with Crippen LogP contribution in [-0.2, 0) is 13.5 Å². The highest BCUT2D eigenvalue weighted by Gasteiger charge is 2.21. The summed E-state index contributed by atoms with van der Waals surface area (Å²) in [5.74, 6) is 0.890. The van der Waals surface area contributed by atoms with Gasteiger partial charge in [-0.1, -0.05) is 50.6 Å². The van der Waals surface area contributed by atoms with Crippen molar-refractivity contribution in [2.45, 2.75) is 71.3 Å². The average Bonchev–Trinajstić information content (AvgIpc) is 2.72. The molecule has 120 valence electrons. The molecule has 4 heteroatoms. The van der Waals surface area contributed by atoms with Crippen LogP contribution in [0.1, 0.15) is 63.3 Å². The Balaban J connectivity index is 2.00. The maximum atomic E-state index is 6.42. The third kappa shape index (κ3) is 4.72. The molecule has 1 saturated carbocycles. The van der Waals surface area contributed by atoms with Gasteiger partial charge < -0.3 is 5.32 Å². The number of nitrogens with zero attached hydrogens (tertiary/aromatic N) is 2. The monoisotopic (exact) mass is 311 g/mol. The van der Waals surface area contributed by atoms with Crippen LogP contribution in [0.15, 0.2) is 0 Å². The fraction of sp³-hybridized carbons (Fsp3) is 0.824. The first kappa shape index (κ1) is 16.8. The number of halogens is 1. The van der Waals surface area contributed by atoms with Gasteiger partial charge in [-0.05, 0) is 32.2 Å². The standard InChI is InChI=1S/C17H30ClN3/c1-4-10-19-15(11-14-8-6-5-7-9-14)12-16-17(18)13(2)20-21(16)3/h14-15,19H,4-12H2,1-3H3. The van der Waals surface area contributed by atoms with Crippen LogP contribution in [0, 0.1) is 12.8 Å². The Kier molecular flexibility index (Phi) is 6.56. The Bertz CT molecular complexity index is 435. The van der Waals surface area contributed by atoms with Crippen LogP contribution in [0.2, 0.25) is 5.02 Å². The summed E-state index contributed by atoms with van der Waals surface area (Å²) < 4.78 is 1.96. The molecule has 0 amide bonds. The molecule has 1 heterocycles. The zero-order valence-electron chi connectivity index (χ0n) is 13.8. The van der Waals surface area contributed by atoms with Crippen molar-refractivity contribution in [1.82, 2.24) is 15.1 Å². The van der Waals surface area contributed by atoms with Gasteiger partial charge in [-0.25, -0.2) is 0 Å². The summed E-state index contributed by atoms with van der Waals surface area (Å²) in [6.07, 6.45) is 10.5. The molecule has 0 spiro atoms. The molecule has 21 heavy (non-hydrogen) atoms. The number of aryl methyl sites for hydroxylation is 2. The van der Waals surface area contributed by atoms with E-state index in [4.69, 9.17) is 11.6 Å². The van der Waals surface area contributed by atoms with Gasteiger partial charge in [0.05, 0.1) is 16.4 Å². The molecule has 0 aliphatic heterocycles. The summed E-state index contributed by atoms with van der Waals surface area (Å²) in [5, 5.41) is 9.03. The van der Waals surface area contributed by atoms with Gasteiger partial charge in [0.1, 0.15) is 0 Å². The molecule has 0 saturated heterocycles. The minimum absolute atomic E-state index is 0.528. The molecule has 1 aromatic heterocycles. The van der Waals surface area contributed by atoms with Gasteiger partial charge in [0.2, 0.25) is 0 Å². The highest BCUT2D eigenvalue weighted by atomic mass is 35.5. The Hall–Kier alpha value is -0.540. The number of hydrogen-bond acceptors (Lipinski definition) is 2. The van der Waals surface area contributed by atoms with Crippen molar-refractivity contribution in [3.63, 3.8) is 0 Å². The number of nitrogens with one attached hydrogen (secondary N) is 1. The molecule has 0 aromatic carbocycles. The van der Waals surface area contributed by atoms with E-state index >= 15 is 0 Å². The van der Waals surface area contributed by atoms with E-state index in [1.165, 1.54) is 50.6 Å². The zero-order chi connectivity index (χ0) is 15.2. The van der Waals surface area contributed by atoms with Crippen LogP contribution in [-0.4, -0.2) is 22.4 Å². The summed E-state index contributed by atoms with van der Waals surface area (Å²) in [5.41, 5.74) is 2.12. The number of hydrogen-bond donors (Lipinski definition) is 1. The second-order valence-corrected chi connectivity index (χ2v) is 6.94. The summed E-state index contributed by atoms with van der Waals surface area (Å²) in [4.78, 5) is 0. The summed E-state index contributed by atoms with van der Waals surface area (Å²) in [6.45, 7) is 5.30. The van der Waals surface area contributed by atoms with Gasteiger partial charge in [-0.15, -0.1) is 0 Å². The van der Waals surface area contributed by atoms with E-state index in [1.54, 1.807) is 0 Å². The van der Waals surface area contributed by atoms with E-state index in [-0.39, 0.29) is 0 Å². The van der Waals surface area contributed by atoms with Crippen LogP contribution in [0.3, 0.4) is 0 Å². The predicted octanol–water partition coefficient (Wildman–Crippen LogP) is 4.26. The summed E-state index contributed by atoms with van der Waals surface area (Å²) in [7, 11) is 2.01. The van der Waals surface area contributed by atoms with Crippen LogP contribution in [0.4, 0.5) is 0 Å². The van der Waals surface area contributed by atoms with Gasteiger partial charge in [0.15, 0.2) is 0 Å². The van der Waals surface area contributed by atoms with Gasteiger partial charge in [-0.3, -0.25) is 4.68 Å². The maximum absolute atomic E-state index is 6.42. The van der Waals surface area contributed by atoms with Crippen LogP contribution in [0.25, 0.3) is 0 Å². The third-order valence-electron chi connectivity index (χ3n) is 4.73. The molecular formula is C17H30ClN3. The molecule has 0 radical (unpaired) electrons. The summed E-state index contributed by atoms with van der Waals surface area (Å²) >= 11 is 6.42. The van der Waals surface area contributed by atoms with Gasteiger partial charge in [0, 0.05) is 19.5 Å². The molecule has 1 aliphatic carbocycles. The summed E-state index contributed by atoms with van der Waals surface area (Å²) in [6, 6.07) is 0.528. The quantitative estimate of drug-likeness (QED) is 0.815. The second-order valence-electron chi connectivity index (χ2n) is 6.56. The molecular weight excluding hydrogens is 282 g/mol. The van der Waals surface area contributed by atoms with E-state index in [2.05, 4.69) is 17.3 Å². The Morgan fingerprint density at radius 3 is 2.62 bits per heavy atom. The number of rotatable bonds is 7. The van der Waals surface area contributed by atoms with Crippen molar-refractivity contribution in [1.29, 1.82) is 0 Å². The topological polar surface area (TPSA) is 29.9 Å². The Morgan fingerprint density at radius 2 is 2.05 bits per heavy atom. The third-order valence-corrected chi connectivity index (χ3v) is 5.22. The van der Waals surface area contributed by atoms with E-state index in [9.17, 15) is 0 Å². The van der Waals surface area contributed by atoms with Crippen molar-refractivity contribution in [3.05, 3.63) is 16.4 Å². The van der Waals surface area contributed by atoms with Crippen LogP contribution in [0.5, 0.6) is 0 Å². The highest BCUT2D eigenvalue weighted by Crippen LogP contribution is 2.29. The van der Waals surface area contributed by atoms with Crippen molar-refractivity contribution < 1.29 is 0 Å². The van der Waals surface area contributed by atoms with Crippen molar-refractivity contribution in [3.8, 4) is 0 Å². The van der Waals surface area contributed by atoms with Crippen molar-refractivity contribution in [2.24, 2.45) is 13.0 Å². The number of aromatic nitrogens is 2. The SMILES string of the molecule is CCCNC(Cc1c(Cl)c(C)nn1C)CC1CCCCC1. The first-order valence-electron chi connectivity index (χ1n) is 8.53. The lowest BCUT2D eigenvalue weighted by Crippen LogP contribution is -2.35. The first-order valence-corrected chi connectivity index (χ1v) is 8.91. The Morgan fingerprint density at radius 1 is 1.33 bits per heavy atom. The molecule has 1 N–H and O–H groups in total. The lowest BCUT2D eigenvalue weighted by molar-refractivity contribution is 0.295. The smallest absolute Gasteiger partial charge is 0.0847 e. The van der Waals surface area contributed by atoms with Gasteiger partial charge >= 0.3 is 0 Å². The van der Waals surface area contributed by atoms with Gasteiger partial charge in [0.25, 0.3) is 0 Å². The average molecular weight is 312 g/mol. The zero-order valence-corrected chi connectivity index (χ0v) is 14.5. The van der Waals surface area contributed by atoms with Gasteiger partial charge in [-0.2, -0.15) is 5.10 Å². The van der Waals surface area contributed by atoms with E-state index in [0.717, 1.165) is 29.6 Å². The fourth-order valence-electron chi connectivity index (χ4n) is 3.55. The molecule has 3 nitrogen and oxygen atoms in total. The predicted molar refractivity (Wildman–Crippen MR) is 89.9 cm³/mol. The largest absolute Gasteiger partial charge is 0.314 e. The fourth-order valence-corrected chi connectivity index (χ4v) is 3.79. The minimum Gasteiger partial charge on any atom is -0.314 e.